The van der Waals surface area contributed by atoms with Crippen LogP contribution in [0.2, 0.25) is 0 Å². The van der Waals surface area contributed by atoms with E-state index in [1.54, 1.807) is 0 Å². The van der Waals surface area contributed by atoms with Gasteiger partial charge in [-0.3, -0.25) is 4.79 Å². The Morgan fingerprint density at radius 1 is 0.457 bits per heavy atom. The largest absolute Gasteiger partial charge is 0.394 e. The average molecular weight is 1150 g/mol. The molecule has 0 bridgehead atoms. The van der Waals surface area contributed by atoms with Crippen LogP contribution in [0.3, 0.4) is 0 Å². The van der Waals surface area contributed by atoms with Gasteiger partial charge < -0.3 is 65.1 Å². The summed E-state index contributed by atoms with van der Waals surface area (Å²) in [4.78, 5) is 13.3. The summed E-state index contributed by atoms with van der Waals surface area (Å²) in [7, 11) is 0. The van der Waals surface area contributed by atoms with Gasteiger partial charge in [0.05, 0.1) is 32.0 Å². The molecule has 14 heteroatoms. The van der Waals surface area contributed by atoms with E-state index in [0.29, 0.717) is 12.8 Å². The number of carbonyl (C=O) groups is 1. The fraction of sp³-hybridized carbons (Fsp3) is 0.866. The molecule has 12 atom stereocenters. The van der Waals surface area contributed by atoms with Crippen LogP contribution in [0.1, 0.15) is 277 Å². The van der Waals surface area contributed by atoms with Crippen LogP contribution >= 0.6 is 0 Å². The zero-order valence-electron chi connectivity index (χ0n) is 51.3. The van der Waals surface area contributed by atoms with Crippen molar-refractivity contribution in [2.24, 2.45) is 0 Å². The third-order valence-corrected chi connectivity index (χ3v) is 16.3. The van der Waals surface area contributed by atoms with Crippen molar-refractivity contribution in [2.75, 3.05) is 19.8 Å². The summed E-state index contributed by atoms with van der Waals surface area (Å²) in [6.45, 7) is 2.77. The van der Waals surface area contributed by atoms with Crippen LogP contribution in [-0.4, -0.2) is 140 Å². The molecule has 0 aromatic heterocycles. The second-order valence-corrected chi connectivity index (χ2v) is 23.6. The van der Waals surface area contributed by atoms with Crippen molar-refractivity contribution in [3.8, 4) is 0 Å². The van der Waals surface area contributed by atoms with Crippen LogP contribution in [0.25, 0.3) is 0 Å². The predicted octanol–water partition coefficient (Wildman–Crippen LogP) is 12.7. The maximum Gasteiger partial charge on any atom is 0.220 e. The van der Waals surface area contributed by atoms with Gasteiger partial charge in [0.1, 0.15) is 48.8 Å². The van der Waals surface area contributed by atoms with E-state index >= 15 is 0 Å². The van der Waals surface area contributed by atoms with Crippen molar-refractivity contribution in [1.82, 2.24) is 5.32 Å². The zero-order valence-corrected chi connectivity index (χ0v) is 51.3. The highest BCUT2D eigenvalue weighted by Crippen LogP contribution is 2.30. The van der Waals surface area contributed by atoms with Crippen LogP contribution in [0.5, 0.6) is 0 Å². The van der Waals surface area contributed by atoms with E-state index in [0.717, 1.165) is 77.0 Å². The zero-order chi connectivity index (χ0) is 58.8. The molecule has 0 aromatic carbocycles. The van der Waals surface area contributed by atoms with Crippen molar-refractivity contribution in [1.29, 1.82) is 0 Å². The van der Waals surface area contributed by atoms with E-state index in [1.807, 2.05) is 0 Å². The molecular weight excluding hydrogens is 1030 g/mol. The highest BCUT2D eigenvalue weighted by molar-refractivity contribution is 5.76. The van der Waals surface area contributed by atoms with E-state index in [9.17, 15) is 45.6 Å². The number of allylic oxidation sites excluding steroid dienone is 8. The van der Waals surface area contributed by atoms with Crippen molar-refractivity contribution >= 4 is 5.91 Å². The van der Waals surface area contributed by atoms with Crippen LogP contribution in [-0.2, 0) is 23.7 Å². The van der Waals surface area contributed by atoms with Gasteiger partial charge in [-0.15, -0.1) is 0 Å². The van der Waals surface area contributed by atoms with Crippen molar-refractivity contribution in [3.05, 3.63) is 48.6 Å². The quantitative estimate of drug-likeness (QED) is 0.0204. The Morgan fingerprint density at radius 3 is 1.31 bits per heavy atom. The molecule has 2 rings (SSSR count). The molecule has 2 aliphatic rings. The minimum atomic E-state index is -1.78. The number of nitrogens with one attached hydrogen (secondary N) is 1. The molecule has 2 saturated heterocycles. The monoisotopic (exact) mass is 1150 g/mol. The lowest BCUT2D eigenvalue weighted by atomic mass is 9.97. The third-order valence-electron chi connectivity index (χ3n) is 16.3. The Kier molecular flexibility index (Phi) is 48.5. The second-order valence-electron chi connectivity index (χ2n) is 23.6. The fourth-order valence-corrected chi connectivity index (χ4v) is 11.0. The molecule has 0 aliphatic carbocycles. The van der Waals surface area contributed by atoms with Crippen molar-refractivity contribution in [2.45, 2.75) is 351 Å². The minimum Gasteiger partial charge on any atom is -0.394 e. The highest BCUT2D eigenvalue weighted by atomic mass is 16.7. The lowest BCUT2D eigenvalue weighted by Gasteiger charge is -2.46. The third kappa shape index (κ3) is 37.2. The lowest BCUT2D eigenvalue weighted by Crippen LogP contribution is -2.65. The number of hydrogen-bond donors (Lipinski definition) is 9. The normalized spacial score (nSPS) is 24.4. The second kappa shape index (κ2) is 52.3. The molecule has 0 aromatic rings. The Morgan fingerprint density at radius 2 is 0.852 bits per heavy atom. The van der Waals surface area contributed by atoms with Gasteiger partial charge in [-0.2, -0.15) is 0 Å². The molecular formula is C67H123NO13. The summed E-state index contributed by atoms with van der Waals surface area (Å²) >= 11 is 0. The summed E-state index contributed by atoms with van der Waals surface area (Å²) in [6.07, 6.45) is 49.9. The first-order chi connectivity index (χ1) is 39.6. The number of carbonyl (C=O) groups excluding carboxylic acids is 1. The highest BCUT2D eigenvalue weighted by Gasteiger charge is 2.51. The van der Waals surface area contributed by atoms with Gasteiger partial charge in [0.25, 0.3) is 0 Å². The molecule has 0 saturated carbocycles. The lowest BCUT2D eigenvalue weighted by molar-refractivity contribution is -0.359. The maximum absolute atomic E-state index is 13.3. The molecule has 2 aliphatic heterocycles. The maximum atomic E-state index is 13.3. The van der Waals surface area contributed by atoms with Gasteiger partial charge in [0, 0.05) is 6.42 Å². The molecule has 0 spiro atoms. The first-order valence-electron chi connectivity index (χ1n) is 33.4. The number of amides is 1. The molecule has 9 N–H and O–H groups in total. The molecule has 474 valence electrons. The van der Waals surface area contributed by atoms with Crippen LogP contribution in [0.4, 0.5) is 0 Å². The number of ether oxygens (including phenoxy) is 4. The molecule has 81 heavy (non-hydrogen) atoms. The van der Waals surface area contributed by atoms with Crippen LogP contribution < -0.4 is 5.32 Å². The average Bonchev–Trinajstić information content (AvgIpc) is 3.47. The van der Waals surface area contributed by atoms with Gasteiger partial charge in [0.2, 0.25) is 5.91 Å². The topological polar surface area (TPSA) is 228 Å². The van der Waals surface area contributed by atoms with Gasteiger partial charge in [-0.25, -0.2) is 0 Å². The first-order valence-corrected chi connectivity index (χ1v) is 33.4. The Labute approximate surface area is 493 Å². The number of aliphatic hydroxyl groups excluding tert-OH is 8. The minimum absolute atomic E-state index is 0.203. The smallest absolute Gasteiger partial charge is 0.220 e. The summed E-state index contributed by atoms with van der Waals surface area (Å²) in [5, 5.41) is 87.4. The molecule has 12 unspecified atom stereocenters. The molecule has 1 amide bonds. The number of rotatable bonds is 54. The first kappa shape index (κ1) is 75.0. The Hall–Kier alpha value is -2.05. The molecule has 0 radical (unpaired) electrons. The van der Waals surface area contributed by atoms with Gasteiger partial charge >= 0.3 is 0 Å². The van der Waals surface area contributed by atoms with Gasteiger partial charge in [0.15, 0.2) is 12.6 Å². The predicted molar refractivity (Wildman–Crippen MR) is 327 cm³/mol. The van der Waals surface area contributed by atoms with E-state index in [-0.39, 0.29) is 12.5 Å². The van der Waals surface area contributed by atoms with Crippen LogP contribution in [0.15, 0.2) is 48.6 Å². The molecule has 2 fully saturated rings. The van der Waals surface area contributed by atoms with E-state index < -0.39 is 86.8 Å². The van der Waals surface area contributed by atoms with Crippen LogP contribution in [0, 0.1) is 0 Å². The summed E-state index contributed by atoms with van der Waals surface area (Å²) in [6, 6.07) is -0.827. The number of hydrogen-bond acceptors (Lipinski definition) is 13. The van der Waals surface area contributed by atoms with Crippen molar-refractivity contribution < 1.29 is 64.6 Å². The Balaban J connectivity index is 1.61. The van der Waals surface area contributed by atoms with Crippen molar-refractivity contribution in [3.63, 3.8) is 0 Å². The van der Waals surface area contributed by atoms with E-state index in [2.05, 4.69) is 67.8 Å². The van der Waals surface area contributed by atoms with E-state index in [1.165, 1.54) is 173 Å². The Bertz CT molecular complexity index is 1540. The number of unbranched alkanes of at least 4 members (excludes halogenated alkanes) is 33. The molecule has 2 heterocycles. The standard InChI is InChI=1S/C67H123NO13/c1-3-5-7-9-11-13-15-17-19-20-21-22-23-24-25-26-27-28-29-30-31-32-33-34-35-36-37-39-41-43-45-47-49-51-59(72)68-55(56(71)50-48-46-44-42-40-38-18-16-14-12-10-8-6-4-2)54-78-66-64(77)62(75)65(58(53-70)80-66)81-67-63(76)61(74)60(73)57(52-69)79-67/h5,7,11,13,17,19,21-22,55-58,60-67,69-71,73-77H,3-4,6,8-10,12,14-16,18,20,23-54H2,1-2H3,(H,68,72)/b7-5-,13-11-,19-17-,22-21-. The SMILES string of the molecule is CC/C=C\C/C=C\C/C=C\C/C=C\CCCCCCCCCCCCCCCCCCCCCCC(=O)NC(COC1OC(CO)C(OC2OC(CO)C(O)C(O)C2O)C(O)C1O)C(O)CCCCCCCCCCCCCCCC. The summed E-state index contributed by atoms with van der Waals surface area (Å²) in [5.41, 5.74) is 0. The molecule has 14 nitrogen and oxygen atoms in total. The van der Waals surface area contributed by atoms with Gasteiger partial charge in [-0.1, -0.05) is 268 Å². The van der Waals surface area contributed by atoms with Gasteiger partial charge in [-0.05, 0) is 51.4 Å². The van der Waals surface area contributed by atoms with E-state index in [4.69, 9.17) is 18.9 Å². The summed E-state index contributed by atoms with van der Waals surface area (Å²) < 4.78 is 22.9. The fourth-order valence-electron chi connectivity index (χ4n) is 11.0. The number of aliphatic hydroxyl groups is 8. The summed E-state index contributed by atoms with van der Waals surface area (Å²) in [5.74, 6) is -0.203.